The van der Waals surface area contributed by atoms with Crippen LogP contribution in [-0.4, -0.2) is 76.9 Å². The number of esters is 2. The summed E-state index contributed by atoms with van der Waals surface area (Å²) in [7, 11) is -4.67. The monoisotopic (exact) mass is 861 g/mol. The predicted molar refractivity (Wildman–Crippen MR) is 243 cm³/mol. The second-order valence-corrected chi connectivity index (χ2v) is 15.6. The molecule has 4 atom stereocenters. The van der Waals surface area contributed by atoms with E-state index in [9.17, 15) is 29.3 Å². The van der Waals surface area contributed by atoms with Crippen LogP contribution in [0.25, 0.3) is 0 Å². The lowest BCUT2D eigenvalue weighted by Crippen LogP contribution is -2.29. The molecule has 11 nitrogen and oxygen atoms in total. The average molecular weight is 861 g/mol. The largest absolute Gasteiger partial charge is 0.472 e. The highest BCUT2D eigenvalue weighted by Crippen LogP contribution is 2.43. The molecule has 0 radical (unpaired) electrons. The topological polar surface area (TPSA) is 169 Å². The Labute approximate surface area is 361 Å². The molecule has 0 amide bonds. The van der Waals surface area contributed by atoms with E-state index in [1.54, 1.807) is 0 Å². The highest BCUT2D eigenvalue weighted by Gasteiger charge is 2.27. The molecule has 340 valence electrons. The Morgan fingerprint density at radius 2 is 0.983 bits per heavy atom. The third-order valence-electron chi connectivity index (χ3n) is 8.58. The highest BCUT2D eigenvalue weighted by molar-refractivity contribution is 7.47. The van der Waals surface area contributed by atoms with Crippen LogP contribution >= 0.6 is 7.82 Å². The number of rotatable bonds is 39. The first kappa shape index (κ1) is 56.6. The fourth-order valence-electron chi connectivity index (χ4n) is 5.01. The first-order valence-corrected chi connectivity index (χ1v) is 23.4. The summed E-state index contributed by atoms with van der Waals surface area (Å²) in [6.45, 7) is 1.89. The van der Waals surface area contributed by atoms with Crippen molar-refractivity contribution in [2.75, 3.05) is 26.4 Å². The maximum atomic E-state index is 12.6. The summed E-state index contributed by atoms with van der Waals surface area (Å²) in [6.07, 6.45) is 50.2. The van der Waals surface area contributed by atoms with Gasteiger partial charge in [0, 0.05) is 12.8 Å². The van der Waals surface area contributed by atoms with Crippen LogP contribution in [-0.2, 0) is 32.7 Å². The first-order chi connectivity index (χ1) is 29.1. The van der Waals surface area contributed by atoms with Crippen LogP contribution in [0.2, 0.25) is 0 Å². The predicted octanol–water partition coefficient (Wildman–Crippen LogP) is 10.7. The Kier molecular flexibility index (Phi) is 39.9. The number of carbonyl (C=O) groups is 2. The van der Waals surface area contributed by atoms with Gasteiger partial charge in [-0.25, -0.2) is 4.57 Å². The van der Waals surface area contributed by atoms with Crippen molar-refractivity contribution < 1.29 is 52.9 Å². The Hall–Kier alpha value is -3.41. The van der Waals surface area contributed by atoms with Crippen molar-refractivity contribution in [1.29, 1.82) is 0 Å². The molecule has 0 saturated heterocycles. The van der Waals surface area contributed by atoms with E-state index in [1.165, 1.54) is 19.3 Å². The number of aliphatic hydroxyl groups is 3. The van der Waals surface area contributed by atoms with Crippen LogP contribution in [0.15, 0.2) is 109 Å². The maximum Gasteiger partial charge on any atom is 0.472 e. The van der Waals surface area contributed by atoms with Crippen LogP contribution in [0.3, 0.4) is 0 Å². The van der Waals surface area contributed by atoms with Gasteiger partial charge in [-0.2, -0.15) is 0 Å². The summed E-state index contributed by atoms with van der Waals surface area (Å²) in [6, 6.07) is 0. The van der Waals surface area contributed by atoms with Gasteiger partial charge in [-0.1, -0.05) is 136 Å². The molecule has 0 saturated carbocycles. The lowest BCUT2D eigenvalue weighted by atomic mass is 10.1. The SMILES string of the molecule is CCCCC/C=C\C/C=C\C/C=C\C/C=C\C/C=C\CCC(=O)O[C@H](COC(=O)CCC/C=C\C/C=C\C/C=C\C/C=C\CC[C@@H](O)CC)COP(=O)(O)OC[C@@H](O)CO. The van der Waals surface area contributed by atoms with E-state index in [-0.39, 0.29) is 25.6 Å². The molecule has 0 aromatic heterocycles. The summed E-state index contributed by atoms with van der Waals surface area (Å²) in [5.74, 6) is -1.12. The van der Waals surface area contributed by atoms with Gasteiger partial charge in [0.2, 0.25) is 0 Å². The Balaban J connectivity index is 4.55. The van der Waals surface area contributed by atoms with Crippen molar-refractivity contribution in [3.8, 4) is 0 Å². The Bertz CT molecular complexity index is 1380. The van der Waals surface area contributed by atoms with Gasteiger partial charge in [-0.3, -0.25) is 18.6 Å². The van der Waals surface area contributed by atoms with Gasteiger partial charge in [0.25, 0.3) is 0 Å². The molecule has 0 bridgehead atoms. The zero-order valence-electron chi connectivity index (χ0n) is 36.5. The molecule has 0 aromatic carbocycles. The summed E-state index contributed by atoms with van der Waals surface area (Å²) in [4.78, 5) is 34.9. The lowest BCUT2D eigenvalue weighted by molar-refractivity contribution is -0.161. The van der Waals surface area contributed by atoms with Gasteiger partial charge in [-0.15, -0.1) is 0 Å². The van der Waals surface area contributed by atoms with E-state index in [0.29, 0.717) is 25.7 Å². The van der Waals surface area contributed by atoms with Crippen molar-refractivity contribution in [3.63, 3.8) is 0 Å². The van der Waals surface area contributed by atoms with Crippen molar-refractivity contribution >= 4 is 19.8 Å². The molecule has 0 aliphatic heterocycles. The van der Waals surface area contributed by atoms with Crippen LogP contribution < -0.4 is 0 Å². The van der Waals surface area contributed by atoms with Crippen LogP contribution in [0.5, 0.6) is 0 Å². The molecule has 12 heteroatoms. The molecule has 0 fully saturated rings. The van der Waals surface area contributed by atoms with Gasteiger partial charge in [0.05, 0.1) is 25.9 Å². The quantitative estimate of drug-likeness (QED) is 0.0201. The van der Waals surface area contributed by atoms with E-state index in [4.69, 9.17) is 19.1 Å². The normalized spacial score (nSPS) is 15.4. The van der Waals surface area contributed by atoms with Crippen LogP contribution in [0, 0.1) is 0 Å². The summed E-state index contributed by atoms with van der Waals surface area (Å²) in [5, 5.41) is 27.9. The van der Waals surface area contributed by atoms with E-state index >= 15 is 0 Å². The van der Waals surface area contributed by atoms with Crippen LogP contribution in [0.4, 0.5) is 0 Å². The zero-order chi connectivity index (χ0) is 44.2. The summed E-state index contributed by atoms with van der Waals surface area (Å²) >= 11 is 0. The van der Waals surface area contributed by atoms with Gasteiger partial charge in [0.1, 0.15) is 12.7 Å². The molecule has 0 aliphatic rings. The number of hydrogen-bond acceptors (Lipinski definition) is 10. The molecule has 0 heterocycles. The number of aliphatic hydroxyl groups excluding tert-OH is 3. The van der Waals surface area contributed by atoms with Crippen molar-refractivity contribution in [2.24, 2.45) is 0 Å². The van der Waals surface area contributed by atoms with E-state index in [0.717, 1.165) is 64.2 Å². The molecule has 4 N–H and O–H groups in total. The van der Waals surface area contributed by atoms with E-state index in [2.05, 4.69) is 96.5 Å². The minimum atomic E-state index is -4.67. The second kappa shape index (κ2) is 42.3. The van der Waals surface area contributed by atoms with E-state index < -0.39 is 51.8 Å². The standard InChI is InChI=1S/C48H77O11P/c1-3-5-6-7-8-9-10-11-12-13-14-15-16-21-24-27-30-33-36-39-48(53)59-46(43-58-60(54,55)57-41-45(51)40-49)42-56-47(52)38-35-32-29-26-23-20-18-17-19-22-25-28-31-34-37-44(50)4-2/h8-9,11-12,14-15,18-22,24,26,28-31,33,44-46,49-51H,3-7,10,13,16-17,23,25,27,32,34-43H2,1-2H3,(H,54,55)/b9-8-,12-11-,15-14-,20-18-,22-19-,24-21-,29-26-,31-28-,33-30-/t44-,45-,46+/m0/s1. The smallest absolute Gasteiger partial charge is 0.462 e. The van der Waals surface area contributed by atoms with Crippen molar-refractivity contribution in [3.05, 3.63) is 109 Å². The van der Waals surface area contributed by atoms with Gasteiger partial charge >= 0.3 is 19.8 Å². The second-order valence-electron chi connectivity index (χ2n) is 14.2. The average Bonchev–Trinajstić information content (AvgIpc) is 3.24. The molecular weight excluding hydrogens is 783 g/mol. The van der Waals surface area contributed by atoms with Crippen molar-refractivity contribution in [2.45, 2.75) is 154 Å². The molecule has 60 heavy (non-hydrogen) atoms. The maximum absolute atomic E-state index is 12.6. The van der Waals surface area contributed by atoms with Gasteiger partial charge in [-0.05, 0) is 96.3 Å². The van der Waals surface area contributed by atoms with Gasteiger partial charge in [0.15, 0.2) is 6.10 Å². The molecule has 0 rings (SSSR count). The van der Waals surface area contributed by atoms with E-state index in [1.807, 2.05) is 31.2 Å². The number of ether oxygens (including phenoxy) is 2. The van der Waals surface area contributed by atoms with Gasteiger partial charge < -0.3 is 29.7 Å². The third-order valence-corrected chi connectivity index (χ3v) is 9.53. The molecular formula is C48H77O11P. The minimum absolute atomic E-state index is 0.0354. The fourth-order valence-corrected chi connectivity index (χ4v) is 5.80. The first-order valence-electron chi connectivity index (χ1n) is 21.9. The zero-order valence-corrected chi connectivity index (χ0v) is 37.4. The molecule has 1 unspecified atom stereocenters. The highest BCUT2D eigenvalue weighted by atomic mass is 31.2. The van der Waals surface area contributed by atoms with Crippen molar-refractivity contribution in [1.82, 2.24) is 0 Å². The number of hydrogen-bond donors (Lipinski definition) is 4. The number of unbranched alkanes of at least 4 members (excludes halogenated alkanes) is 4. The molecule has 0 aliphatic carbocycles. The molecule has 0 spiro atoms. The lowest BCUT2D eigenvalue weighted by Gasteiger charge is -2.20. The number of phosphoric ester groups is 1. The van der Waals surface area contributed by atoms with Crippen LogP contribution in [0.1, 0.15) is 136 Å². The Morgan fingerprint density at radius 1 is 0.533 bits per heavy atom. The number of phosphoric acid groups is 1. The number of allylic oxidation sites excluding steroid dienone is 18. The summed E-state index contributed by atoms with van der Waals surface area (Å²) < 4.78 is 32.5. The number of carbonyl (C=O) groups excluding carboxylic acids is 2. The fraction of sp³-hybridized carbons (Fsp3) is 0.583. The third kappa shape index (κ3) is 41.3. The Morgan fingerprint density at radius 3 is 1.47 bits per heavy atom. The summed E-state index contributed by atoms with van der Waals surface area (Å²) in [5.41, 5.74) is 0. The minimum Gasteiger partial charge on any atom is -0.462 e. The molecule has 0 aromatic rings.